The summed E-state index contributed by atoms with van der Waals surface area (Å²) in [4.78, 5) is 12.4. The summed E-state index contributed by atoms with van der Waals surface area (Å²) in [5, 5.41) is 13.7. The van der Waals surface area contributed by atoms with Crippen molar-refractivity contribution < 1.29 is 4.79 Å². The van der Waals surface area contributed by atoms with E-state index in [9.17, 15) is 4.79 Å². The Kier molecular flexibility index (Phi) is 3.95. The van der Waals surface area contributed by atoms with E-state index in [4.69, 9.17) is 0 Å². The fraction of sp³-hybridized carbons (Fsp3) is 0.412. The molecule has 1 fully saturated rings. The number of rotatable bonds is 3. The molecule has 120 valence electrons. The number of carbonyl (C=O) groups is 1. The second kappa shape index (κ2) is 6.09. The third kappa shape index (κ3) is 3.05. The topological polar surface area (TPSA) is 69.8 Å². The third-order valence-electron chi connectivity index (χ3n) is 4.70. The Morgan fingerprint density at radius 1 is 1.26 bits per heavy atom. The second-order valence-corrected chi connectivity index (χ2v) is 7.26. The van der Waals surface area contributed by atoms with E-state index < -0.39 is 0 Å². The van der Waals surface area contributed by atoms with E-state index in [2.05, 4.69) is 55.0 Å². The van der Waals surface area contributed by atoms with Crippen molar-refractivity contribution >= 4 is 21.8 Å². The van der Waals surface area contributed by atoms with Crippen molar-refractivity contribution in [1.29, 1.82) is 0 Å². The first-order chi connectivity index (χ1) is 11.2. The van der Waals surface area contributed by atoms with Gasteiger partial charge in [0.1, 0.15) is 5.69 Å². The van der Waals surface area contributed by atoms with Crippen LogP contribution in [0.2, 0.25) is 0 Å². The van der Waals surface area contributed by atoms with Gasteiger partial charge in [-0.1, -0.05) is 22.0 Å². The van der Waals surface area contributed by atoms with Gasteiger partial charge in [-0.25, -0.2) is 0 Å². The van der Waals surface area contributed by atoms with Crippen LogP contribution in [-0.4, -0.2) is 28.7 Å². The Balaban J connectivity index is 1.41. The van der Waals surface area contributed by atoms with Crippen LogP contribution < -0.4 is 10.6 Å². The molecule has 3 N–H and O–H groups in total. The molecule has 23 heavy (non-hydrogen) atoms. The number of H-pyrrole nitrogens is 1. The maximum Gasteiger partial charge on any atom is 0.272 e. The first-order valence-electron chi connectivity index (χ1n) is 8.06. The predicted octanol–water partition coefficient (Wildman–Crippen LogP) is 2.49. The van der Waals surface area contributed by atoms with Gasteiger partial charge in [-0.2, -0.15) is 5.10 Å². The lowest BCUT2D eigenvalue weighted by Crippen LogP contribution is -2.35. The summed E-state index contributed by atoms with van der Waals surface area (Å²) in [7, 11) is 0. The number of hydrogen-bond acceptors (Lipinski definition) is 3. The SMILES string of the molecule is O=C(NC1Cc2ccc(Br)cc2C1)c1cc(C2CCCN2)[nH]n1. The van der Waals surface area contributed by atoms with Gasteiger partial charge in [0.05, 0.1) is 5.69 Å². The van der Waals surface area contributed by atoms with Gasteiger partial charge in [0.15, 0.2) is 0 Å². The average Bonchev–Trinajstić information content (AvgIpc) is 3.26. The molecule has 0 bridgehead atoms. The number of aromatic amines is 1. The highest BCUT2D eigenvalue weighted by molar-refractivity contribution is 9.10. The summed E-state index contributed by atoms with van der Waals surface area (Å²) in [5.41, 5.74) is 4.11. The molecule has 2 unspecified atom stereocenters. The third-order valence-corrected chi connectivity index (χ3v) is 5.20. The number of hydrogen-bond donors (Lipinski definition) is 3. The zero-order valence-electron chi connectivity index (χ0n) is 12.7. The van der Waals surface area contributed by atoms with Crippen LogP contribution in [-0.2, 0) is 12.8 Å². The Morgan fingerprint density at radius 3 is 2.96 bits per heavy atom. The number of halogens is 1. The second-order valence-electron chi connectivity index (χ2n) is 6.35. The summed E-state index contributed by atoms with van der Waals surface area (Å²) in [6.45, 7) is 1.03. The van der Waals surface area contributed by atoms with E-state index in [0.29, 0.717) is 11.7 Å². The number of nitrogens with one attached hydrogen (secondary N) is 3. The normalized spacial score (nSPS) is 23.0. The van der Waals surface area contributed by atoms with Gasteiger partial charge in [-0.15, -0.1) is 0 Å². The molecule has 0 spiro atoms. The van der Waals surface area contributed by atoms with Crippen molar-refractivity contribution in [2.75, 3.05) is 6.54 Å². The minimum Gasteiger partial charge on any atom is -0.347 e. The van der Waals surface area contributed by atoms with Gasteiger partial charge in [0, 0.05) is 16.6 Å². The summed E-state index contributed by atoms with van der Waals surface area (Å²) < 4.78 is 1.09. The van der Waals surface area contributed by atoms with Gasteiger partial charge in [-0.3, -0.25) is 9.89 Å². The van der Waals surface area contributed by atoms with Crippen LogP contribution in [0.3, 0.4) is 0 Å². The van der Waals surface area contributed by atoms with Crippen molar-refractivity contribution in [1.82, 2.24) is 20.8 Å². The summed E-state index contributed by atoms with van der Waals surface area (Å²) in [5.74, 6) is -0.0950. The molecule has 2 aliphatic rings. The van der Waals surface area contributed by atoms with Crippen LogP contribution in [0.5, 0.6) is 0 Å². The highest BCUT2D eigenvalue weighted by Crippen LogP contribution is 2.26. The first-order valence-corrected chi connectivity index (χ1v) is 8.85. The number of benzene rings is 1. The molecule has 1 aliphatic heterocycles. The Hall–Kier alpha value is -1.66. The molecule has 0 saturated carbocycles. The predicted molar refractivity (Wildman–Crippen MR) is 91.4 cm³/mol. The maximum atomic E-state index is 12.4. The monoisotopic (exact) mass is 374 g/mol. The molecule has 4 rings (SSSR count). The van der Waals surface area contributed by atoms with E-state index in [1.165, 1.54) is 17.5 Å². The molecule has 1 saturated heterocycles. The van der Waals surface area contributed by atoms with E-state index in [1.54, 1.807) is 0 Å². The molecule has 2 atom stereocenters. The number of amides is 1. The molecule has 2 heterocycles. The Labute approximate surface area is 143 Å². The van der Waals surface area contributed by atoms with Crippen molar-refractivity contribution in [3.63, 3.8) is 0 Å². The van der Waals surface area contributed by atoms with E-state index in [1.807, 2.05) is 6.07 Å². The van der Waals surface area contributed by atoms with Crippen LogP contribution in [0.4, 0.5) is 0 Å². The van der Waals surface area contributed by atoms with Crippen LogP contribution in [0, 0.1) is 0 Å². The molecule has 6 heteroatoms. The molecule has 1 aliphatic carbocycles. The fourth-order valence-electron chi connectivity index (χ4n) is 3.53. The number of nitrogens with zero attached hydrogens (tertiary/aromatic N) is 1. The molecule has 2 aromatic rings. The lowest BCUT2D eigenvalue weighted by Gasteiger charge is -2.10. The summed E-state index contributed by atoms with van der Waals surface area (Å²) in [6, 6.07) is 8.65. The molecular weight excluding hydrogens is 356 g/mol. The first kappa shape index (κ1) is 14.9. The van der Waals surface area contributed by atoms with Crippen LogP contribution in [0.1, 0.15) is 46.2 Å². The van der Waals surface area contributed by atoms with Crippen molar-refractivity contribution in [2.45, 2.75) is 37.8 Å². The van der Waals surface area contributed by atoms with Crippen molar-refractivity contribution in [3.05, 3.63) is 51.3 Å². The Bertz CT molecular complexity index is 736. The molecule has 5 nitrogen and oxygen atoms in total. The maximum absolute atomic E-state index is 12.4. The highest BCUT2D eigenvalue weighted by atomic mass is 79.9. The molecular formula is C17H19BrN4O. The Morgan fingerprint density at radius 2 is 2.13 bits per heavy atom. The molecule has 0 radical (unpaired) electrons. The number of fused-ring (bicyclic) bond motifs is 1. The van der Waals surface area contributed by atoms with Crippen LogP contribution >= 0.6 is 15.9 Å². The van der Waals surface area contributed by atoms with Gasteiger partial charge < -0.3 is 10.6 Å². The van der Waals surface area contributed by atoms with E-state index in [0.717, 1.165) is 36.0 Å². The lowest BCUT2D eigenvalue weighted by molar-refractivity contribution is 0.0933. The zero-order chi connectivity index (χ0) is 15.8. The highest BCUT2D eigenvalue weighted by Gasteiger charge is 2.25. The van der Waals surface area contributed by atoms with Crippen molar-refractivity contribution in [3.8, 4) is 0 Å². The smallest absolute Gasteiger partial charge is 0.272 e. The summed E-state index contributed by atoms with van der Waals surface area (Å²) in [6.07, 6.45) is 4.02. The van der Waals surface area contributed by atoms with E-state index in [-0.39, 0.29) is 11.9 Å². The van der Waals surface area contributed by atoms with Gasteiger partial charge >= 0.3 is 0 Å². The van der Waals surface area contributed by atoms with Crippen molar-refractivity contribution in [2.24, 2.45) is 0 Å². The zero-order valence-corrected chi connectivity index (χ0v) is 14.3. The molecule has 1 aromatic carbocycles. The number of carbonyl (C=O) groups excluding carboxylic acids is 1. The molecule has 1 aromatic heterocycles. The minimum absolute atomic E-state index is 0.0950. The fourth-order valence-corrected chi connectivity index (χ4v) is 3.94. The number of aromatic nitrogens is 2. The standard InChI is InChI=1S/C17H19BrN4O/c18-12-4-3-10-7-13(8-11(10)6-12)20-17(23)16-9-15(21-22-16)14-2-1-5-19-14/h3-4,6,9,13-14,19H,1-2,5,7-8H2,(H,20,23)(H,21,22). The van der Waals surface area contributed by atoms with Gasteiger partial charge in [0.25, 0.3) is 5.91 Å². The van der Waals surface area contributed by atoms with Crippen LogP contribution in [0.15, 0.2) is 28.7 Å². The lowest BCUT2D eigenvalue weighted by atomic mass is 10.1. The van der Waals surface area contributed by atoms with Gasteiger partial charge in [0.2, 0.25) is 0 Å². The quantitative estimate of drug-likeness (QED) is 0.772. The summed E-state index contributed by atoms with van der Waals surface area (Å²) >= 11 is 3.50. The minimum atomic E-state index is -0.0950. The largest absolute Gasteiger partial charge is 0.347 e. The average molecular weight is 375 g/mol. The van der Waals surface area contributed by atoms with E-state index >= 15 is 0 Å². The van der Waals surface area contributed by atoms with Gasteiger partial charge in [-0.05, 0) is 61.6 Å². The van der Waals surface area contributed by atoms with Crippen LogP contribution in [0.25, 0.3) is 0 Å². The molecule has 1 amide bonds.